The summed E-state index contributed by atoms with van der Waals surface area (Å²) in [6, 6.07) is 7.45. The number of ether oxygens (including phenoxy) is 1. The predicted molar refractivity (Wildman–Crippen MR) is 88.6 cm³/mol. The highest BCUT2D eigenvalue weighted by molar-refractivity contribution is 7.80. The quantitative estimate of drug-likeness (QED) is 0.681. The molecule has 1 atom stereocenters. The molecule has 1 aromatic carbocycles. The second-order valence-corrected chi connectivity index (χ2v) is 5.74. The zero-order chi connectivity index (χ0) is 15.2. The summed E-state index contributed by atoms with van der Waals surface area (Å²) in [6.07, 6.45) is 1.78. The highest BCUT2D eigenvalue weighted by atomic mass is 35.5. The number of benzene rings is 1. The number of esters is 1. The van der Waals surface area contributed by atoms with Gasteiger partial charge in [-0.2, -0.15) is 0 Å². The van der Waals surface area contributed by atoms with Gasteiger partial charge in [-0.05, 0) is 44.1 Å². The first-order chi connectivity index (χ1) is 10.1. The van der Waals surface area contributed by atoms with E-state index in [0.29, 0.717) is 23.3 Å². The van der Waals surface area contributed by atoms with Gasteiger partial charge in [0.25, 0.3) is 0 Å². The third-order valence-electron chi connectivity index (χ3n) is 3.44. The first-order valence-corrected chi connectivity index (χ1v) is 7.87. The second kappa shape index (κ2) is 7.61. The SMILES string of the molecule is CCOC(=O)C1CCCN(C(=S)Nc2ccccc2Cl)C1. The van der Waals surface area contributed by atoms with Gasteiger partial charge in [0.05, 0.1) is 23.2 Å². The Labute approximate surface area is 135 Å². The summed E-state index contributed by atoms with van der Waals surface area (Å²) in [5, 5.41) is 4.36. The van der Waals surface area contributed by atoms with Crippen molar-refractivity contribution in [1.29, 1.82) is 0 Å². The standard InChI is InChI=1S/C15H19ClN2O2S/c1-2-20-14(19)11-6-5-9-18(10-11)15(21)17-13-8-4-3-7-12(13)16/h3-4,7-8,11H,2,5-6,9-10H2,1H3,(H,17,21). The lowest BCUT2D eigenvalue weighted by molar-refractivity contribution is -0.149. The Bertz CT molecular complexity index is 524. The van der Waals surface area contributed by atoms with E-state index in [9.17, 15) is 4.79 Å². The average Bonchev–Trinajstić information content (AvgIpc) is 2.50. The molecule has 0 bridgehead atoms. The Morgan fingerprint density at radius 2 is 2.29 bits per heavy atom. The van der Waals surface area contributed by atoms with Crippen LogP contribution in [-0.2, 0) is 9.53 Å². The number of anilines is 1. The van der Waals surface area contributed by atoms with E-state index in [1.54, 1.807) is 0 Å². The van der Waals surface area contributed by atoms with Gasteiger partial charge >= 0.3 is 5.97 Å². The summed E-state index contributed by atoms with van der Waals surface area (Å²) in [5.74, 6) is -0.243. The fraction of sp³-hybridized carbons (Fsp3) is 0.467. The largest absolute Gasteiger partial charge is 0.466 e. The number of para-hydroxylation sites is 1. The van der Waals surface area contributed by atoms with E-state index in [1.807, 2.05) is 36.1 Å². The van der Waals surface area contributed by atoms with E-state index in [0.717, 1.165) is 25.1 Å². The van der Waals surface area contributed by atoms with E-state index < -0.39 is 0 Å². The molecule has 1 N–H and O–H groups in total. The lowest BCUT2D eigenvalue weighted by Crippen LogP contribution is -2.44. The Balaban J connectivity index is 1.96. The summed E-state index contributed by atoms with van der Waals surface area (Å²) >= 11 is 11.5. The summed E-state index contributed by atoms with van der Waals surface area (Å²) in [4.78, 5) is 13.8. The van der Waals surface area contributed by atoms with Crippen LogP contribution in [0.15, 0.2) is 24.3 Å². The molecule has 0 amide bonds. The normalized spacial score (nSPS) is 18.2. The molecule has 2 rings (SSSR count). The maximum atomic E-state index is 11.8. The van der Waals surface area contributed by atoms with Crippen LogP contribution >= 0.6 is 23.8 Å². The first kappa shape index (κ1) is 16.0. The highest BCUT2D eigenvalue weighted by Gasteiger charge is 2.28. The van der Waals surface area contributed by atoms with Gasteiger partial charge in [0.1, 0.15) is 0 Å². The number of hydrogen-bond acceptors (Lipinski definition) is 3. The van der Waals surface area contributed by atoms with Crippen molar-refractivity contribution in [3.05, 3.63) is 29.3 Å². The van der Waals surface area contributed by atoms with Crippen LogP contribution in [0.1, 0.15) is 19.8 Å². The Morgan fingerprint density at radius 3 is 3.00 bits per heavy atom. The fourth-order valence-electron chi connectivity index (χ4n) is 2.37. The maximum Gasteiger partial charge on any atom is 0.310 e. The van der Waals surface area contributed by atoms with Gasteiger partial charge in [0.2, 0.25) is 0 Å². The van der Waals surface area contributed by atoms with Crippen LogP contribution in [-0.4, -0.2) is 35.7 Å². The van der Waals surface area contributed by atoms with E-state index in [2.05, 4.69) is 5.32 Å². The molecule has 0 aliphatic carbocycles. The zero-order valence-electron chi connectivity index (χ0n) is 12.0. The van der Waals surface area contributed by atoms with E-state index in [4.69, 9.17) is 28.6 Å². The molecule has 1 saturated heterocycles. The molecule has 0 aromatic heterocycles. The van der Waals surface area contributed by atoms with Crippen molar-refractivity contribution in [3.63, 3.8) is 0 Å². The van der Waals surface area contributed by atoms with Crippen LogP contribution in [0.4, 0.5) is 5.69 Å². The Hall–Kier alpha value is -1.33. The number of thiocarbonyl (C=S) groups is 1. The molecule has 21 heavy (non-hydrogen) atoms. The number of likely N-dealkylation sites (tertiary alicyclic amines) is 1. The number of carbonyl (C=O) groups is 1. The van der Waals surface area contributed by atoms with E-state index in [1.165, 1.54) is 0 Å². The third kappa shape index (κ3) is 4.32. The molecule has 0 saturated carbocycles. The number of piperidine rings is 1. The van der Waals surface area contributed by atoms with Gasteiger partial charge in [0, 0.05) is 13.1 Å². The molecule has 1 aliphatic rings. The lowest BCUT2D eigenvalue weighted by Gasteiger charge is -2.33. The van der Waals surface area contributed by atoms with Crippen LogP contribution in [0.25, 0.3) is 0 Å². The molecular weight excluding hydrogens is 308 g/mol. The van der Waals surface area contributed by atoms with Crippen LogP contribution in [0, 0.1) is 5.92 Å². The van der Waals surface area contributed by atoms with E-state index >= 15 is 0 Å². The van der Waals surface area contributed by atoms with Gasteiger partial charge < -0.3 is 15.0 Å². The van der Waals surface area contributed by atoms with Gasteiger partial charge in [-0.25, -0.2) is 0 Å². The molecule has 1 unspecified atom stereocenters. The van der Waals surface area contributed by atoms with Gasteiger partial charge in [0.15, 0.2) is 5.11 Å². The monoisotopic (exact) mass is 326 g/mol. The first-order valence-electron chi connectivity index (χ1n) is 7.09. The van der Waals surface area contributed by atoms with Crippen molar-refractivity contribution in [2.45, 2.75) is 19.8 Å². The molecule has 6 heteroatoms. The number of rotatable bonds is 3. The van der Waals surface area contributed by atoms with Crippen LogP contribution in [0.5, 0.6) is 0 Å². The molecule has 0 radical (unpaired) electrons. The minimum atomic E-state index is -0.136. The average molecular weight is 327 g/mol. The Morgan fingerprint density at radius 1 is 1.52 bits per heavy atom. The van der Waals surface area contributed by atoms with Crippen molar-refractivity contribution in [2.75, 3.05) is 25.0 Å². The molecule has 1 aliphatic heterocycles. The van der Waals surface area contributed by atoms with Crippen LogP contribution in [0.2, 0.25) is 5.02 Å². The number of hydrogen-bond donors (Lipinski definition) is 1. The summed E-state index contributed by atoms with van der Waals surface area (Å²) < 4.78 is 5.10. The zero-order valence-corrected chi connectivity index (χ0v) is 13.5. The summed E-state index contributed by atoms with van der Waals surface area (Å²) in [6.45, 7) is 3.67. The van der Waals surface area contributed by atoms with Crippen molar-refractivity contribution in [1.82, 2.24) is 4.90 Å². The smallest absolute Gasteiger partial charge is 0.310 e. The minimum Gasteiger partial charge on any atom is -0.466 e. The van der Waals surface area contributed by atoms with Gasteiger partial charge in [-0.1, -0.05) is 23.7 Å². The van der Waals surface area contributed by atoms with Gasteiger partial charge in [-0.3, -0.25) is 4.79 Å². The molecular formula is C15H19ClN2O2S. The van der Waals surface area contributed by atoms with Crippen molar-refractivity contribution >= 4 is 40.6 Å². The molecule has 1 aromatic rings. The molecule has 114 valence electrons. The number of nitrogens with zero attached hydrogens (tertiary/aromatic N) is 1. The molecule has 0 spiro atoms. The van der Waals surface area contributed by atoms with Crippen LogP contribution < -0.4 is 5.32 Å². The summed E-state index contributed by atoms with van der Waals surface area (Å²) in [7, 11) is 0. The minimum absolute atomic E-state index is 0.107. The predicted octanol–water partition coefficient (Wildman–Crippen LogP) is 3.31. The number of nitrogens with one attached hydrogen (secondary N) is 1. The van der Waals surface area contributed by atoms with Gasteiger partial charge in [-0.15, -0.1) is 0 Å². The fourth-order valence-corrected chi connectivity index (χ4v) is 2.83. The van der Waals surface area contributed by atoms with Crippen molar-refractivity contribution in [3.8, 4) is 0 Å². The summed E-state index contributed by atoms with van der Waals surface area (Å²) in [5.41, 5.74) is 0.780. The molecule has 1 fully saturated rings. The third-order valence-corrected chi connectivity index (χ3v) is 4.13. The Kier molecular flexibility index (Phi) is 5.82. The number of carbonyl (C=O) groups excluding carboxylic acids is 1. The van der Waals surface area contributed by atoms with E-state index in [-0.39, 0.29) is 11.9 Å². The lowest BCUT2D eigenvalue weighted by atomic mass is 9.98. The number of halogens is 1. The molecule has 1 heterocycles. The second-order valence-electron chi connectivity index (χ2n) is 4.95. The molecule has 4 nitrogen and oxygen atoms in total. The maximum absolute atomic E-state index is 11.8. The van der Waals surface area contributed by atoms with Crippen LogP contribution in [0.3, 0.4) is 0 Å². The van der Waals surface area contributed by atoms with Crippen molar-refractivity contribution in [2.24, 2.45) is 5.92 Å². The van der Waals surface area contributed by atoms with Crippen molar-refractivity contribution < 1.29 is 9.53 Å². The highest BCUT2D eigenvalue weighted by Crippen LogP contribution is 2.23. The topological polar surface area (TPSA) is 41.6 Å².